The van der Waals surface area contributed by atoms with Gasteiger partial charge in [0.1, 0.15) is 24.3 Å². The van der Waals surface area contributed by atoms with Gasteiger partial charge < -0.3 is 45.0 Å². The number of amides is 4. The molecule has 9 rings (SSSR count). The Morgan fingerprint density at radius 2 is 1.11 bits per heavy atom. The summed E-state index contributed by atoms with van der Waals surface area (Å²) in [5, 5.41) is 29.5. The van der Waals surface area contributed by atoms with Crippen LogP contribution in [0.25, 0.3) is 44.6 Å². The molecule has 2 aliphatic rings. The molecule has 2 saturated heterocycles. The van der Waals surface area contributed by atoms with Gasteiger partial charge in [0.05, 0.1) is 6.20 Å². The number of benzene rings is 4. The molecule has 2 aliphatic heterocycles. The van der Waals surface area contributed by atoms with Gasteiger partial charge in [-0.25, -0.2) is 4.98 Å². The number of para-hydroxylation sites is 2. The van der Waals surface area contributed by atoms with Gasteiger partial charge in [0.25, 0.3) is 11.8 Å². The van der Waals surface area contributed by atoms with Crippen LogP contribution in [0.4, 0.5) is 11.4 Å². The fraction of sp³-hybridized carbons (Fsp3) is 0.255. The third-order valence-electron chi connectivity index (χ3n) is 11.8. The number of aromatic amines is 2. The van der Waals surface area contributed by atoms with Crippen molar-refractivity contribution in [2.75, 3.05) is 23.7 Å². The second-order valence-electron chi connectivity index (χ2n) is 15.7. The van der Waals surface area contributed by atoms with Gasteiger partial charge in [0.2, 0.25) is 17.7 Å². The largest absolute Gasteiger partial charge is 0.436 e. The Labute approximate surface area is 350 Å². The molecule has 0 bridgehead atoms. The summed E-state index contributed by atoms with van der Waals surface area (Å²) in [6.07, 6.45) is 5.30. The van der Waals surface area contributed by atoms with Crippen molar-refractivity contribution in [1.82, 2.24) is 24.8 Å². The molecule has 3 aromatic heterocycles. The van der Waals surface area contributed by atoms with Crippen molar-refractivity contribution in [3.8, 4) is 22.8 Å². The molecule has 61 heavy (non-hydrogen) atoms. The monoisotopic (exact) mass is 819 g/mol. The van der Waals surface area contributed by atoms with Crippen LogP contribution in [0.3, 0.4) is 0 Å². The topological polar surface area (TPSA) is 197 Å². The predicted octanol–water partition coefficient (Wildman–Crippen LogP) is 6.04. The number of carbonyl (C=O) groups is 4. The molecule has 5 heterocycles. The Bertz CT molecular complexity index is 2540. The summed E-state index contributed by atoms with van der Waals surface area (Å²) in [6, 6.07) is 28.2. The Morgan fingerprint density at radius 1 is 0.656 bits per heavy atom. The average molecular weight is 820 g/mol. The van der Waals surface area contributed by atoms with Gasteiger partial charge in [-0.3, -0.25) is 19.2 Å². The van der Waals surface area contributed by atoms with Crippen LogP contribution >= 0.6 is 0 Å². The molecule has 14 nitrogen and oxygen atoms in total. The van der Waals surface area contributed by atoms with E-state index >= 15 is 0 Å². The maximum atomic E-state index is 13.4. The van der Waals surface area contributed by atoms with Crippen LogP contribution in [0.5, 0.6) is 0 Å². The molecule has 0 saturated carbocycles. The Kier molecular flexibility index (Phi) is 10.9. The number of nitrogens with zero attached hydrogens (tertiary/aromatic N) is 3. The van der Waals surface area contributed by atoms with Crippen molar-refractivity contribution in [2.24, 2.45) is 0 Å². The third-order valence-corrected chi connectivity index (χ3v) is 11.8. The summed E-state index contributed by atoms with van der Waals surface area (Å²) >= 11 is 0. The minimum absolute atomic E-state index is 0.145. The molecule has 14 heteroatoms. The van der Waals surface area contributed by atoms with E-state index in [4.69, 9.17) is 4.42 Å². The van der Waals surface area contributed by atoms with E-state index in [1.807, 2.05) is 48.5 Å². The first-order valence-corrected chi connectivity index (χ1v) is 20.6. The molecule has 0 aliphatic carbocycles. The van der Waals surface area contributed by atoms with Crippen molar-refractivity contribution in [3.63, 3.8) is 0 Å². The quantitative estimate of drug-likeness (QED) is 0.0859. The smallest absolute Gasteiger partial charge is 0.252 e. The number of fused-ring (bicyclic) bond motifs is 2. The Balaban J connectivity index is 0.776. The summed E-state index contributed by atoms with van der Waals surface area (Å²) in [6.45, 7) is 0.791. The number of H-pyrrole nitrogens is 2. The van der Waals surface area contributed by atoms with Gasteiger partial charge in [0, 0.05) is 82.6 Å². The van der Waals surface area contributed by atoms with Crippen molar-refractivity contribution in [3.05, 3.63) is 127 Å². The van der Waals surface area contributed by atoms with Gasteiger partial charge in [0.15, 0.2) is 5.76 Å². The Morgan fingerprint density at radius 3 is 1.61 bits per heavy atom. The van der Waals surface area contributed by atoms with Gasteiger partial charge in [-0.15, -0.1) is 0 Å². The van der Waals surface area contributed by atoms with E-state index in [0.29, 0.717) is 67.4 Å². The summed E-state index contributed by atoms with van der Waals surface area (Å²) < 4.78 is 6.08. The molecule has 4 aromatic carbocycles. The van der Waals surface area contributed by atoms with Gasteiger partial charge in [-0.1, -0.05) is 36.4 Å². The van der Waals surface area contributed by atoms with Crippen LogP contribution in [-0.4, -0.2) is 96.0 Å². The summed E-state index contributed by atoms with van der Waals surface area (Å²) in [4.78, 5) is 67.2. The maximum absolute atomic E-state index is 13.4. The first-order valence-electron chi connectivity index (χ1n) is 20.6. The van der Waals surface area contributed by atoms with E-state index in [-0.39, 0.29) is 24.7 Å². The SMILES string of the molecule is O=C(Nc1ccc(-c2cnc(-c3ccc(NC(=O)C4CCCN4C(=O)C(O)Cc4c[nH]c5ccccc45)cc3)o2)cc1)C1CCCN1C(=O)C(O)Cc1c[nH]c2ccccc12. The number of aliphatic hydroxyl groups is 2. The first-order chi connectivity index (χ1) is 29.7. The minimum Gasteiger partial charge on any atom is -0.436 e. The standard InChI is InChI=1S/C47H45N7O7/c55-40(23-30-25-48-36-9-3-1-7-34(30)36)46(59)53-21-5-11-38(53)43(57)51-32-17-13-28(14-18-32)42-27-50-45(61-42)29-15-19-33(20-16-29)52-44(58)39-12-6-22-54(39)47(60)41(56)24-31-26-49-37-10-4-2-8-35(31)37/h1-4,7-10,13-20,25-27,38-41,48-49,55-56H,5-6,11-12,21-24H2,(H,51,57)(H,52,58). The van der Waals surface area contributed by atoms with Crippen molar-refractivity contribution >= 4 is 56.8 Å². The number of rotatable bonds is 12. The van der Waals surface area contributed by atoms with Crippen molar-refractivity contribution in [1.29, 1.82) is 0 Å². The van der Waals surface area contributed by atoms with E-state index in [2.05, 4.69) is 25.6 Å². The highest BCUT2D eigenvalue weighted by Crippen LogP contribution is 2.30. The maximum Gasteiger partial charge on any atom is 0.252 e. The van der Waals surface area contributed by atoms with Crippen LogP contribution in [0.2, 0.25) is 0 Å². The van der Waals surface area contributed by atoms with Crippen LogP contribution in [0.1, 0.15) is 36.8 Å². The second-order valence-corrected chi connectivity index (χ2v) is 15.7. The number of hydrogen-bond donors (Lipinski definition) is 6. The lowest BCUT2D eigenvalue weighted by atomic mass is 10.1. The lowest BCUT2D eigenvalue weighted by Gasteiger charge is -2.26. The number of nitrogens with one attached hydrogen (secondary N) is 4. The molecular formula is C47H45N7O7. The Hall–Kier alpha value is -7.03. The number of oxazole rings is 1. The van der Waals surface area contributed by atoms with E-state index < -0.39 is 36.1 Å². The van der Waals surface area contributed by atoms with Crippen molar-refractivity contribution in [2.45, 2.75) is 62.8 Å². The minimum atomic E-state index is -1.27. The summed E-state index contributed by atoms with van der Waals surface area (Å²) in [5.41, 5.74) is 6.07. The van der Waals surface area contributed by atoms with E-state index in [1.54, 1.807) is 67.1 Å². The zero-order valence-corrected chi connectivity index (χ0v) is 33.2. The summed E-state index contributed by atoms with van der Waals surface area (Å²) in [7, 11) is 0. The molecule has 2 fully saturated rings. The molecule has 0 spiro atoms. The molecule has 7 aromatic rings. The van der Waals surface area contributed by atoms with Crippen LogP contribution < -0.4 is 10.6 Å². The number of anilines is 2. The normalized spacial score (nSPS) is 17.5. The highest BCUT2D eigenvalue weighted by atomic mass is 16.4. The highest BCUT2D eigenvalue weighted by Gasteiger charge is 2.38. The zero-order valence-electron chi connectivity index (χ0n) is 33.2. The summed E-state index contributed by atoms with van der Waals surface area (Å²) in [5.74, 6) is -0.667. The van der Waals surface area contributed by atoms with Crippen molar-refractivity contribution < 1.29 is 33.8 Å². The van der Waals surface area contributed by atoms with E-state index in [9.17, 15) is 29.4 Å². The number of carbonyl (C=O) groups excluding carboxylic acids is 4. The molecule has 310 valence electrons. The van der Waals surface area contributed by atoms with Gasteiger partial charge in [-0.05, 0) is 97.5 Å². The average Bonchev–Trinajstić information content (AvgIpc) is 4.15. The van der Waals surface area contributed by atoms with Crippen LogP contribution in [-0.2, 0) is 32.0 Å². The zero-order chi connectivity index (χ0) is 42.0. The first kappa shape index (κ1) is 39.4. The third kappa shape index (κ3) is 8.15. The number of aromatic nitrogens is 3. The fourth-order valence-electron chi connectivity index (χ4n) is 8.59. The number of aliphatic hydroxyl groups excluding tert-OH is 2. The molecule has 4 atom stereocenters. The van der Waals surface area contributed by atoms with E-state index in [1.165, 1.54) is 9.80 Å². The fourth-order valence-corrected chi connectivity index (χ4v) is 8.59. The highest BCUT2D eigenvalue weighted by molar-refractivity contribution is 5.99. The molecule has 0 radical (unpaired) electrons. The number of hydrogen-bond acceptors (Lipinski definition) is 8. The van der Waals surface area contributed by atoms with Gasteiger partial charge in [-0.2, -0.15) is 0 Å². The van der Waals surface area contributed by atoms with Crippen LogP contribution in [0, 0.1) is 0 Å². The molecule has 6 N–H and O–H groups in total. The second kappa shape index (κ2) is 16.9. The lowest BCUT2D eigenvalue weighted by molar-refractivity contribution is -0.144. The number of likely N-dealkylation sites (tertiary alicyclic amines) is 2. The predicted molar refractivity (Wildman–Crippen MR) is 230 cm³/mol. The molecular weight excluding hydrogens is 775 g/mol. The van der Waals surface area contributed by atoms with Gasteiger partial charge >= 0.3 is 0 Å². The molecule has 4 unspecified atom stereocenters. The van der Waals surface area contributed by atoms with Crippen LogP contribution in [0.15, 0.2) is 120 Å². The lowest BCUT2D eigenvalue weighted by Crippen LogP contribution is -2.47. The molecule has 4 amide bonds. The van der Waals surface area contributed by atoms with E-state index in [0.717, 1.165) is 38.5 Å².